The Morgan fingerprint density at radius 1 is 0.606 bits per heavy atom. The van der Waals surface area contributed by atoms with Crippen LogP contribution in [0.25, 0.3) is 0 Å². The molecule has 0 aliphatic heterocycles. The molecule has 0 radical (unpaired) electrons. The van der Waals surface area contributed by atoms with Crippen LogP contribution < -0.4 is 9.47 Å². The van der Waals surface area contributed by atoms with E-state index in [4.69, 9.17) is 9.47 Å². The lowest BCUT2D eigenvalue weighted by Gasteiger charge is -2.16. The lowest BCUT2D eigenvalue weighted by Crippen LogP contribution is -1.97. The van der Waals surface area contributed by atoms with Crippen LogP contribution in [0.15, 0.2) is 97.1 Å². The number of para-hydroxylation sites is 1. The summed E-state index contributed by atoms with van der Waals surface area (Å²) in [5, 5.41) is 21.9. The number of nitro benzene ring substituents is 2. The highest BCUT2D eigenvalue weighted by molar-refractivity contribution is 5.53. The smallest absolute Gasteiger partial charge is 0.269 e. The van der Waals surface area contributed by atoms with Crippen molar-refractivity contribution < 1.29 is 19.3 Å². The van der Waals surface area contributed by atoms with Crippen LogP contribution >= 0.6 is 0 Å². The fraction of sp³-hybridized carbons (Fsp3) is 0.0400. The zero-order valence-electron chi connectivity index (χ0n) is 17.3. The number of non-ortho nitro benzene ring substituents is 2. The zero-order valence-corrected chi connectivity index (χ0v) is 17.3. The Labute approximate surface area is 189 Å². The highest BCUT2D eigenvalue weighted by Gasteiger charge is 2.16. The minimum atomic E-state index is -0.479. The van der Waals surface area contributed by atoms with Gasteiger partial charge in [0.1, 0.15) is 11.5 Å². The molecule has 0 aliphatic rings. The summed E-state index contributed by atoms with van der Waals surface area (Å²) >= 11 is 0. The van der Waals surface area contributed by atoms with Gasteiger partial charge in [0.2, 0.25) is 0 Å². The number of benzene rings is 4. The van der Waals surface area contributed by atoms with E-state index in [1.165, 1.54) is 48.5 Å². The van der Waals surface area contributed by atoms with Crippen molar-refractivity contribution in [2.75, 3.05) is 0 Å². The van der Waals surface area contributed by atoms with Gasteiger partial charge in [-0.1, -0.05) is 42.5 Å². The minimum Gasteiger partial charge on any atom is -0.453 e. The molecule has 0 saturated carbocycles. The molecule has 164 valence electrons. The first kappa shape index (κ1) is 21.5. The standard InChI is InChI=1S/C25H18N2O6/c28-26(29)20-9-13-22(14-10-20)32-24-8-4-7-19(17-18-5-2-1-3-6-18)25(24)33-23-15-11-21(12-16-23)27(30)31/h1-16H,17H2. The van der Waals surface area contributed by atoms with Crippen molar-refractivity contribution in [3.05, 3.63) is 128 Å². The first-order valence-electron chi connectivity index (χ1n) is 10.00. The van der Waals surface area contributed by atoms with Gasteiger partial charge in [0.15, 0.2) is 11.5 Å². The van der Waals surface area contributed by atoms with Gasteiger partial charge in [0.25, 0.3) is 11.4 Å². The van der Waals surface area contributed by atoms with Crippen LogP contribution in [0.5, 0.6) is 23.0 Å². The predicted octanol–water partition coefficient (Wildman–Crippen LogP) is 6.68. The van der Waals surface area contributed by atoms with Gasteiger partial charge in [-0.2, -0.15) is 0 Å². The van der Waals surface area contributed by atoms with Crippen molar-refractivity contribution in [1.82, 2.24) is 0 Å². The monoisotopic (exact) mass is 442 g/mol. The van der Waals surface area contributed by atoms with Crippen LogP contribution in [0, 0.1) is 20.2 Å². The van der Waals surface area contributed by atoms with E-state index >= 15 is 0 Å². The van der Waals surface area contributed by atoms with E-state index < -0.39 is 9.85 Å². The largest absolute Gasteiger partial charge is 0.453 e. The average molecular weight is 442 g/mol. The molecule has 0 aromatic heterocycles. The Morgan fingerprint density at radius 3 is 1.70 bits per heavy atom. The molecule has 0 N–H and O–H groups in total. The maximum atomic E-state index is 11.0. The van der Waals surface area contributed by atoms with Crippen molar-refractivity contribution in [3.8, 4) is 23.0 Å². The van der Waals surface area contributed by atoms with Gasteiger partial charge in [0, 0.05) is 36.2 Å². The predicted molar refractivity (Wildman–Crippen MR) is 122 cm³/mol. The number of hydrogen-bond acceptors (Lipinski definition) is 6. The summed E-state index contributed by atoms with van der Waals surface area (Å²) in [6.07, 6.45) is 0.570. The summed E-state index contributed by atoms with van der Waals surface area (Å²) < 4.78 is 12.1. The second kappa shape index (κ2) is 9.61. The summed E-state index contributed by atoms with van der Waals surface area (Å²) in [5.74, 6) is 1.69. The second-order valence-corrected chi connectivity index (χ2v) is 7.11. The van der Waals surface area contributed by atoms with Crippen molar-refractivity contribution in [3.63, 3.8) is 0 Å². The highest BCUT2D eigenvalue weighted by atomic mass is 16.6. The molecule has 0 spiro atoms. The van der Waals surface area contributed by atoms with Crippen LogP contribution in [0.1, 0.15) is 11.1 Å². The van der Waals surface area contributed by atoms with Gasteiger partial charge in [-0.25, -0.2) is 0 Å². The lowest BCUT2D eigenvalue weighted by atomic mass is 10.0. The van der Waals surface area contributed by atoms with E-state index in [1.807, 2.05) is 42.5 Å². The summed E-state index contributed by atoms with van der Waals surface area (Å²) in [5.41, 5.74) is 1.84. The number of hydrogen-bond donors (Lipinski definition) is 0. The fourth-order valence-electron chi connectivity index (χ4n) is 3.23. The third-order valence-corrected chi connectivity index (χ3v) is 4.84. The Bertz CT molecular complexity index is 1270. The molecule has 0 fully saturated rings. The molecule has 0 bridgehead atoms. The Hall–Kier alpha value is -4.72. The van der Waals surface area contributed by atoms with Crippen LogP contribution in [-0.2, 0) is 6.42 Å². The van der Waals surface area contributed by atoms with Gasteiger partial charge in [0.05, 0.1) is 9.85 Å². The molecule has 0 aliphatic carbocycles. The quantitative estimate of drug-likeness (QED) is 0.223. The molecule has 33 heavy (non-hydrogen) atoms. The number of rotatable bonds is 8. The number of ether oxygens (including phenoxy) is 2. The highest BCUT2D eigenvalue weighted by Crippen LogP contribution is 2.39. The number of nitrogens with zero attached hydrogens (tertiary/aromatic N) is 2. The molecule has 0 unspecified atom stereocenters. The molecule has 8 heteroatoms. The van der Waals surface area contributed by atoms with Crippen LogP contribution in [0.3, 0.4) is 0 Å². The Balaban J connectivity index is 1.69. The van der Waals surface area contributed by atoms with E-state index in [2.05, 4.69) is 0 Å². The molecule has 0 atom stereocenters. The SMILES string of the molecule is O=[N+]([O-])c1ccc(Oc2cccc(Cc3ccccc3)c2Oc2ccc([N+](=O)[O-])cc2)cc1. The van der Waals surface area contributed by atoms with E-state index in [9.17, 15) is 20.2 Å². The molecule has 4 rings (SSSR count). The van der Waals surface area contributed by atoms with Crippen molar-refractivity contribution in [2.24, 2.45) is 0 Å². The Kier molecular flexibility index (Phi) is 6.26. The summed E-state index contributed by atoms with van der Waals surface area (Å²) in [4.78, 5) is 20.9. The maximum absolute atomic E-state index is 11.0. The van der Waals surface area contributed by atoms with Crippen molar-refractivity contribution in [2.45, 2.75) is 6.42 Å². The molecule has 4 aromatic rings. The van der Waals surface area contributed by atoms with Crippen molar-refractivity contribution in [1.29, 1.82) is 0 Å². The first-order valence-corrected chi connectivity index (χ1v) is 10.00. The van der Waals surface area contributed by atoms with Crippen LogP contribution in [0.4, 0.5) is 11.4 Å². The zero-order chi connectivity index (χ0) is 23.2. The summed E-state index contributed by atoms with van der Waals surface area (Å²) in [6, 6.07) is 26.8. The second-order valence-electron chi connectivity index (χ2n) is 7.11. The maximum Gasteiger partial charge on any atom is 0.269 e. The van der Waals surface area contributed by atoms with E-state index in [0.29, 0.717) is 29.4 Å². The Morgan fingerprint density at radius 2 is 1.15 bits per heavy atom. The van der Waals surface area contributed by atoms with Gasteiger partial charge in [-0.3, -0.25) is 20.2 Å². The molecule has 0 saturated heterocycles. The fourth-order valence-corrected chi connectivity index (χ4v) is 3.23. The van der Waals surface area contributed by atoms with Gasteiger partial charge < -0.3 is 9.47 Å². The topological polar surface area (TPSA) is 105 Å². The van der Waals surface area contributed by atoms with Gasteiger partial charge in [-0.15, -0.1) is 0 Å². The average Bonchev–Trinajstić information content (AvgIpc) is 2.82. The first-order chi connectivity index (χ1) is 16.0. The van der Waals surface area contributed by atoms with E-state index in [1.54, 1.807) is 6.07 Å². The number of nitro groups is 2. The summed E-state index contributed by atoms with van der Waals surface area (Å²) in [7, 11) is 0. The van der Waals surface area contributed by atoms with Crippen LogP contribution in [-0.4, -0.2) is 9.85 Å². The lowest BCUT2D eigenvalue weighted by molar-refractivity contribution is -0.385. The minimum absolute atomic E-state index is 0.0393. The summed E-state index contributed by atoms with van der Waals surface area (Å²) in [6.45, 7) is 0. The normalized spacial score (nSPS) is 10.4. The molecule has 8 nitrogen and oxygen atoms in total. The molecular formula is C25H18N2O6. The van der Waals surface area contributed by atoms with Gasteiger partial charge >= 0.3 is 0 Å². The third kappa shape index (κ3) is 5.31. The van der Waals surface area contributed by atoms with Crippen LogP contribution in [0.2, 0.25) is 0 Å². The third-order valence-electron chi connectivity index (χ3n) is 4.84. The molecule has 0 heterocycles. The van der Waals surface area contributed by atoms with Gasteiger partial charge in [-0.05, 0) is 35.9 Å². The molecule has 4 aromatic carbocycles. The van der Waals surface area contributed by atoms with Crippen molar-refractivity contribution >= 4 is 11.4 Å². The van der Waals surface area contributed by atoms with E-state index in [-0.39, 0.29) is 11.4 Å². The van der Waals surface area contributed by atoms with E-state index in [0.717, 1.165) is 11.1 Å². The molecular weight excluding hydrogens is 424 g/mol. The molecule has 0 amide bonds.